The monoisotopic (exact) mass is 2470 g/mol. The van der Waals surface area contributed by atoms with E-state index in [2.05, 4.69) is 377 Å². The van der Waals surface area contributed by atoms with Gasteiger partial charge < -0.3 is 24.8 Å². The van der Waals surface area contributed by atoms with Crippen molar-refractivity contribution in [3.05, 3.63) is 441 Å². The zero-order valence-corrected chi connectivity index (χ0v) is 84.7. The Morgan fingerprint density at radius 2 is 0.511 bits per heavy atom. The Balaban J connectivity index is 0.000000109. The van der Waals surface area contributed by atoms with E-state index >= 15 is 0 Å². The molecule has 8 aliphatic rings. The first-order chi connectivity index (χ1) is 62.3. The third kappa shape index (κ3) is 12.7. The molecule has 4 radical (unpaired) electrons. The summed E-state index contributed by atoms with van der Waals surface area (Å²) in [7, 11) is -10.1. The maximum absolute atomic E-state index is 13.6. The van der Waals surface area contributed by atoms with E-state index in [-0.39, 0.29) is 80.4 Å². The van der Waals surface area contributed by atoms with E-state index < -0.39 is 44.0 Å². The number of rotatable bonds is 4. The molecule has 16 heteroatoms. The Bertz CT molecular complexity index is 7530. The summed E-state index contributed by atoms with van der Waals surface area (Å²) < 4.78 is 40.9. The number of halogens is 3. The van der Waals surface area contributed by atoms with Crippen molar-refractivity contribution in [3.8, 4) is 101 Å². The van der Waals surface area contributed by atoms with Crippen LogP contribution >= 0.6 is 0 Å². The zero-order valence-electron chi connectivity index (χ0n) is 71.2. The molecule has 8 aliphatic heterocycles. The van der Waals surface area contributed by atoms with Crippen LogP contribution in [-0.2, 0) is 86.6 Å². The molecule has 0 bridgehead atoms. The average molecular weight is 2470 g/mol. The van der Waals surface area contributed by atoms with Gasteiger partial charge in [-0.1, -0.05) is 322 Å². The number of pyridine rings is 4. The second kappa shape index (κ2) is 33.7. The Morgan fingerprint density at radius 3 is 0.840 bits per heavy atom. The summed E-state index contributed by atoms with van der Waals surface area (Å²) in [6.45, 7) is 8.80. The normalized spacial score (nSPS) is 13.8. The van der Waals surface area contributed by atoms with E-state index in [9.17, 15) is 13.2 Å². The fourth-order valence-corrected chi connectivity index (χ4v) is 45.3. The van der Waals surface area contributed by atoms with Gasteiger partial charge in [-0.15, -0.1) is 121 Å². The van der Waals surface area contributed by atoms with Crippen LogP contribution in [0.15, 0.2) is 389 Å². The van der Waals surface area contributed by atoms with Gasteiger partial charge in [-0.2, -0.15) is 13.2 Å². The molecule has 0 unspecified atom stereocenters. The molecule has 15 aromatic carbocycles. The number of hydrogen-bond donors (Lipinski definition) is 0. The van der Waals surface area contributed by atoms with E-state index in [1.807, 2.05) is 55.0 Å². The van der Waals surface area contributed by atoms with Gasteiger partial charge in [-0.25, -0.2) is 0 Å². The fraction of sp³-hybridized carbons (Fsp3) is 0.0435. The van der Waals surface area contributed by atoms with Gasteiger partial charge in [-0.05, 0) is 189 Å². The van der Waals surface area contributed by atoms with Crippen LogP contribution in [-0.4, -0.2) is 52.2 Å². The minimum Gasteiger partial charge on any atom is -0.352 e. The summed E-state index contributed by atoms with van der Waals surface area (Å²) in [6, 6.07) is 143. The van der Waals surface area contributed by atoms with Crippen LogP contribution in [0.5, 0.6) is 0 Å². The molecule has 0 atom stereocenters. The zero-order chi connectivity index (χ0) is 85.2. The smallest absolute Gasteiger partial charge is 0.352 e. The molecule has 4 aromatic heterocycles. The molecule has 0 fully saturated rings. The first-order valence-electron chi connectivity index (χ1n) is 43.2. The molecule has 0 saturated heterocycles. The standard InChI is InChI=1S/C35H23N2Si.C32H24NSi.C24H13F3NSi.C24H16NSi.4Ir/c1-3-12-25(13-4-1)37(26-14-5-2-6-15-26)27-21-22-30-34(24-27)38(33-20-11-23-36-35(30)33)31-18-9-7-16-28(31)29-17-8-10-19-32(29)38;1-20-17-21(2)31(22(3)18-20)23-14-15-26-30(19-23)34(29-13-8-16-33-32(26)29)27-11-6-4-9-24(27)25-10-5-7-12-28(25)34;25-24(26,27)15-11-12-18-22(14-15)29(21-10-5-13-28-23(18)21)19-8-3-1-6-16(19)17-7-2-4-9-20(17)29;1-16-12-13-19-23(15-16)26(22-11-6-14-25-24(19)22)20-9-4-2-7-17(20)18-8-3-5-10-21(18)26;;;;/h1-21,23-24H;4-14,16-19H,1-3H3;1-11,13-14H;2-12,14-15H,1H3;;;;/q4*-1;;;;. The number of benzene rings is 15. The number of anilines is 3. The van der Waals surface area contributed by atoms with Crippen molar-refractivity contribution in [2.24, 2.45) is 0 Å². The van der Waals surface area contributed by atoms with Crippen LogP contribution in [0.2, 0.25) is 0 Å². The Morgan fingerprint density at radius 1 is 0.244 bits per heavy atom. The van der Waals surface area contributed by atoms with Crippen molar-refractivity contribution in [1.29, 1.82) is 0 Å². The van der Waals surface area contributed by atoms with Gasteiger partial charge in [0, 0.05) is 117 Å². The average Bonchev–Trinajstić information content (AvgIpc) is 1.52. The van der Waals surface area contributed by atoms with E-state index in [1.165, 1.54) is 146 Å². The van der Waals surface area contributed by atoms with Crippen LogP contribution < -0.4 is 87.9 Å². The molecular formula is C115H76F3Ir4N5Si4-4. The first-order valence-corrected chi connectivity index (χ1v) is 51.2. The molecule has 0 saturated carbocycles. The van der Waals surface area contributed by atoms with Crippen molar-refractivity contribution in [1.82, 2.24) is 19.9 Å². The minimum atomic E-state index is -4.42. The van der Waals surface area contributed by atoms with Gasteiger partial charge in [0.15, 0.2) is 0 Å². The molecule has 0 N–H and O–H groups in total. The van der Waals surface area contributed by atoms with Crippen LogP contribution in [0.3, 0.4) is 0 Å². The van der Waals surface area contributed by atoms with Gasteiger partial charge in [0.1, 0.15) is 32.3 Å². The molecule has 12 heterocycles. The minimum absolute atomic E-state index is 0. The maximum atomic E-state index is 13.6. The van der Waals surface area contributed by atoms with Crippen LogP contribution in [0, 0.1) is 52.0 Å². The van der Waals surface area contributed by atoms with Gasteiger partial charge >= 0.3 is 6.18 Å². The second-order valence-corrected chi connectivity index (χ2v) is 48.8. The molecule has 27 rings (SSSR count). The Hall–Kier alpha value is -12.0. The summed E-state index contributed by atoms with van der Waals surface area (Å²) in [6.07, 6.45) is 3.05. The van der Waals surface area contributed by atoms with Crippen molar-refractivity contribution in [2.75, 3.05) is 4.90 Å². The second-order valence-electron chi connectivity index (χ2n) is 34.2. The molecule has 19 aromatic rings. The SMILES string of the molecule is Cc1c[c-]c2c(c1)[Si]1(c3ccccc3-c3ccccc31)c1cccnc1-2.Cc1cc(C)c(-c2c[c-]c3c(c2)[Si]2(c4ccccc4-c4ccccc42)c2cccnc2-3)c(C)c1.FC(F)(F)c1c[c-]c2c(c1)[Si]1(c3ccccc3-c3ccccc31)c1cccnc1-2.[Ir].[Ir].[Ir].[Ir].[c-]1cc(N(c2ccccc2)c2ccccc2)cc2c1-c1ncccc1[Si]21c2ccccc2-c2ccccc21. The van der Waals surface area contributed by atoms with Crippen LogP contribution in [0.25, 0.3) is 101 Å². The fourth-order valence-electron chi connectivity index (χ4n) is 23.2. The molecule has 5 nitrogen and oxygen atoms in total. The summed E-state index contributed by atoms with van der Waals surface area (Å²) >= 11 is 0. The molecule has 4 spiro atoms. The van der Waals surface area contributed by atoms with E-state index in [0.29, 0.717) is 5.56 Å². The third-order valence-corrected chi connectivity index (χ3v) is 47.3. The van der Waals surface area contributed by atoms with Crippen LogP contribution in [0.4, 0.5) is 30.2 Å². The Labute approximate surface area is 818 Å². The van der Waals surface area contributed by atoms with Gasteiger partial charge in [0.2, 0.25) is 0 Å². The molecule has 131 heavy (non-hydrogen) atoms. The van der Waals surface area contributed by atoms with Crippen LogP contribution in [0.1, 0.15) is 27.8 Å². The molecule has 0 amide bonds. The molecule has 0 aliphatic carbocycles. The molecule has 638 valence electrons. The van der Waals surface area contributed by atoms with E-state index in [4.69, 9.17) is 15.0 Å². The number of alkyl halides is 3. The Kier molecular flexibility index (Phi) is 22.3. The number of para-hydroxylation sites is 2. The number of fused-ring (bicyclic) bond motifs is 40. The topological polar surface area (TPSA) is 54.8 Å². The summed E-state index contributed by atoms with van der Waals surface area (Å²) in [4.78, 5) is 21.6. The largest absolute Gasteiger partial charge is 0.381 e. The van der Waals surface area contributed by atoms with Crippen molar-refractivity contribution in [2.45, 2.75) is 33.9 Å². The quantitative estimate of drug-likeness (QED) is 0.130. The maximum Gasteiger partial charge on any atom is 0.381 e. The number of aryl methyl sites for hydroxylation is 4. The van der Waals surface area contributed by atoms with Crippen molar-refractivity contribution in [3.63, 3.8) is 0 Å². The predicted molar refractivity (Wildman–Crippen MR) is 523 cm³/mol. The van der Waals surface area contributed by atoms with Crippen molar-refractivity contribution < 1.29 is 93.6 Å². The number of nitrogens with zero attached hydrogens (tertiary/aromatic N) is 5. The predicted octanol–water partition coefficient (Wildman–Crippen LogP) is 16.3. The molecular weight excluding hydrogens is 2390 g/mol. The summed E-state index contributed by atoms with van der Waals surface area (Å²) in [5.74, 6) is 0. The van der Waals surface area contributed by atoms with Crippen molar-refractivity contribution >= 4 is 132 Å². The first kappa shape index (κ1) is 87.0. The van der Waals surface area contributed by atoms with Gasteiger partial charge in [0.05, 0.1) is 0 Å². The van der Waals surface area contributed by atoms with Gasteiger partial charge in [0.25, 0.3) is 0 Å². The third-order valence-electron chi connectivity index (χ3n) is 27.7. The number of aromatic nitrogens is 4. The van der Waals surface area contributed by atoms with E-state index in [0.717, 1.165) is 83.3 Å². The summed E-state index contributed by atoms with van der Waals surface area (Å²) in [5, 5.41) is 21.3. The van der Waals surface area contributed by atoms with E-state index in [1.54, 1.807) is 6.20 Å². The summed E-state index contributed by atoms with van der Waals surface area (Å²) in [5.41, 5.74) is 29.3. The number of hydrogen-bond acceptors (Lipinski definition) is 5. The van der Waals surface area contributed by atoms with Gasteiger partial charge in [-0.3, -0.25) is 0 Å².